The number of sulfonamides is 1. The van der Waals surface area contributed by atoms with Crippen molar-refractivity contribution in [2.45, 2.75) is 31.3 Å². The number of rotatable bonds is 4. The van der Waals surface area contributed by atoms with Crippen LogP contribution in [-0.4, -0.2) is 30.9 Å². The average molecular weight is 281 g/mol. The normalized spacial score (nSPS) is 16.7. The first kappa shape index (κ1) is 14.2. The van der Waals surface area contributed by atoms with Gasteiger partial charge in [0.2, 0.25) is 10.0 Å². The molecule has 0 radical (unpaired) electrons. The molecule has 2 rings (SSSR count). The zero-order valence-corrected chi connectivity index (χ0v) is 11.9. The quantitative estimate of drug-likeness (QED) is 0.855. The fourth-order valence-electron chi connectivity index (χ4n) is 2.21. The van der Waals surface area contributed by atoms with Gasteiger partial charge in [0.1, 0.15) is 0 Å². The van der Waals surface area contributed by atoms with Gasteiger partial charge in [-0.25, -0.2) is 8.42 Å². The minimum atomic E-state index is -3.47. The molecule has 0 aliphatic carbocycles. The van der Waals surface area contributed by atoms with Gasteiger partial charge >= 0.3 is 0 Å². The van der Waals surface area contributed by atoms with Gasteiger partial charge in [-0.1, -0.05) is 31.2 Å². The SMILES string of the molecule is CCc1ccc(CO)cc1S(=O)(=O)N1CC=CCC1. The van der Waals surface area contributed by atoms with Gasteiger partial charge < -0.3 is 5.11 Å². The van der Waals surface area contributed by atoms with Gasteiger partial charge in [-0.15, -0.1) is 0 Å². The van der Waals surface area contributed by atoms with Crippen LogP contribution in [-0.2, 0) is 23.1 Å². The predicted molar refractivity (Wildman–Crippen MR) is 74.3 cm³/mol. The fourth-order valence-corrected chi connectivity index (χ4v) is 3.96. The summed E-state index contributed by atoms with van der Waals surface area (Å²) in [7, 11) is -3.47. The lowest BCUT2D eigenvalue weighted by Crippen LogP contribution is -2.34. The van der Waals surface area contributed by atoms with Crippen LogP contribution in [0.25, 0.3) is 0 Å². The summed E-state index contributed by atoms with van der Waals surface area (Å²) in [6, 6.07) is 5.15. The molecule has 0 spiro atoms. The second-order valence-corrected chi connectivity index (χ2v) is 6.48. The summed E-state index contributed by atoms with van der Waals surface area (Å²) >= 11 is 0. The lowest BCUT2D eigenvalue weighted by Gasteiger charge is -2.24. The number of hydrogen-bond acceptors (Lipinski definition) is 3. The second-order valence-electron chi connectivity index (χ2n) is 4.58. The van der Waals surface area contributed by atoms with Crippen LogP contribution in [0.4, 0.5) is 0 Å². The van der Waals surface area contributed by atoms with Gasteiger partial charge in [0.25, 0.3) is 0 Å². The zero-order valence-electron chi connectivity index (χ0n) is 11.0. The molecule has 104 valence electrons. The molecule has 5 heteroatoms. The Labute approximate surface area is 114 Å². The first-order chi connectivity index (χ1) is 9.09. The summed E-state index contributed by atoms with van der Waals surface area (Å²) in [5.74, 6) is 0. The smallest absolute Gasteiger partial charge is 0.243 e. The van der Waals surface area contributed by atoms with Crippen LogP contribution in [0.1, 0.15) is 24.5 Å². The van der Waals surface area contributed by atoms with Crippen molar-refractivity contribution >= 4 is 10.0 Å². The monoisotopic (exact) mass is 281 g/mol. The maximum absolute atomic E-state index is 12.6. The lowest BCUT2D eigenvalue weighted by atomic mass is 10.1. The minimum Gasteiger partial charge on any atom is -0.392 e. The summed E-state index contributed by atoms with van der Waals surface area (Å²) in [6.45, 7) is 2.73. The zero-order chi connectivity index (χ0) is 13.9. The number of nitrogens with zero attached hydrogens (tertiary/aromatic N) is 1. The number of benzene rings is 1. The van der Waals surface area contributed by atoms with Crippen LogP contribution < -0.4 is 0 Å². The topological polar surface area (TPSA) is 57.6 Å². The van der Waals surface area contributed by atoms with Crippen LogP contribution in [0.5, 0.6) is 0 Å². The van der Waals surface area contributed by atoms with Crippen molar-refractivity contribution in [3.8, 4) is 0 Å². The Morgan fingerprint density at radius 2 is 2.11 bits per heavy atom. The largest absolute Gasteiger partial charge is 0.392 e. The van der Waals surface area contributed by atoms with E-state index in [1.54, 1.807) is 18.2 Å². The van der Waals surface area contributed by atoms with E-state index in [9.17, 15) is 13.5 Å². The van der Waals surface area contributed by atoms with E-state index < -0.39 is 10.0 Å². The molecule has 1 aliphatic rings. The van der Waals surface area contributed by atoms with Crippen molar-refractivity contribution < 1.29 is 13.5 Å². The summed E-state index contributed by atoms with van der Waals surface area (Å²) in [4.78, 5) is 0.330. The fraction of sp³-hybridized carbons (Fsp3) is 0.429. The first-order valence-corrected chi connectivity index (χ1v) is 7.91. The molecule has 0 saturated carbocycles. The highest BCUT2D eigenvalue weighted by Gasteiger charge is 2.26. The Kier molecular flexibility index (Phi) is 4.39. The maximum atomic E-state index is 12.6. The minimum absolute atomic E-state index is 0.146. The molecule has 0 amide bonds. The van der Waals surface area contributed by atoms with E-state index in [0.717, 1.165) is 12.0 Å². The molecule has 0 bridgehead atoms. The molecule has 1 aromatic rings. The van der Waals surface area contributed by atoms with E-state index >= 15 is 0 Å². The second kappa shape index (κ2) is 5.86. The van der Waals surface area contributed by atoms with Crippen LogP contribution in [0.2, 0.25) is 0 Å². The number of hydrogen-bond donors (Lipinski definition) is 1. The standard InChI is InChI=1S/C14H19NO3S/c1-2-13-7-6-12(11-16)10-14(13)19(17,18)15-8-4-3-5-9-15/h3-4,6-7,10,16H,2,5,8-9,11H2,1H3. The van der Waals surface area contributed by atoms with Crippen molar-refractivity contribution in [3.05, 3.63) is 41.5 Å². The van der Waals surface area contributed by atoms with E-state index in [0.29, 0.717) is 30.0 Å². The summed E-state index contributed by atoms with van der Waals surface area (Å²) in [5.41, 5.74) is 1.43. The molecule has 0 atom stereocenters. The van der Waals surface area contributed by atoms with Crippen LogP contribution in [0.15, 0.2) is 35.2 Å². The highest BCUT2D eigenvalue weighted by atomic mass is 32.2. The van der Waals surface area contributed by atoms with E-state index in [1.165, 1.54) is 4.31 Å². The molecule has 0 unspecified atom stereocenters. The lowest BCUT2D eigenvalue weighted by molar-refractivity contribution is 0.281. The van der Waals surface area contributed by atoms with Crippen LogP contribution >= 0.6 is 0 Å². The summed E-state index contributed by atoms with van der Waals surface area (Å²) in [5, 5.41) is 9.18. The third-order valence-corrected chi connectivity index (χ3v) is 5.28. The number of aryl methyl sites for hydroxylation is 1. The third kappa shape index (κ3) is 2.88. The molecule has 0 aromatic heterocycles. The molecule has 0 fully saturated rings. The molecular formula is C14H19NO3S. The van der Waals surface area contributed by atoms with Gasteiger partial charge in [0.15, 0.2) is 0 Å². The van der Waals surface area contributed by atoms with Crippen molar-refractivity contribution in [2.24, 2.45) is 0 Å². The maximum Gasteiger partial charge on any atom is 0.243 e. The van der Waals surface area contributed by atoms with Gasteiger partial charge in [-0.3, -0.25) is 0 Å². The van der Waals surface area contributed by atoms with Gasteiger partial charge in [0, 0.05) is 13.1 Å². The Hall–Kier alpha value is -1.17. The van der Waals surface area contributed by atoms with Crippen molar-refractivity contribution in [3.63, 3.8) is 0 Å². The third-order valence-electron chi connectivity index (χ3n) is 3.33. The van der Waals surface area contributed by atoms with Crippen LogP contribution in [0, 0.1) is 0 Å². The predicted octanol–water partition coefficient (Wildman–Crippen LogP) is 1.69. The highest BCUT2D eigenvalue weighted by molar-refractivity contribution is 7.89. The molecule has 1 heterocycles. The molecule has 4 nitrogen and oxygen atoms in total. The van der Waals surface area contributed by atoms with E-state index in [-0.39, 0.29) is 6.61 Å². The highest BCUT2D eigenvalue weighted by Crippen LogP contribution is 2.24. The Morgan fingerprint density at radius 1 is 1.32 bits per heavy atom. The Morgan fingerprint density at radius 3 is 2.68 bits per heavy atom. The van der Waals surface area contributed by atoms with E-state index in [2.05, 4.69) is 0 Å². The van der Waals surface area contributed by atoms with Crippen molar-refractivity contribution in [2.75, 3.05) is 13.1 Å². The summed E-state index contributed by atoms with van der Waals surface area (Å²) < 4.78 is 26.8. The molecule has 1 aromatic carbocycles. The molecule has 1 N–H and O–H groups in total. The Bertz CT molecular complexity index is 578. The summed E-state index contributed by atoms with van der Waals surface area (Å²) in [6.07, 6.45) is 5.28. The first-order valence-electron chi connectivity index (χ1n) is 6.47. The van der Waals surface area contributed by atoms with Crippen molar-refractivity contribution in [1.29, 1.82) is 0 Å². The van der Waals surface area contributed by atoms with Crippen molar-refractivity contribution in [1.82, 2.24) is 4.31 Å². The molecular weight excluding hydrogens is 262 g/mol. The van der Waals surface area contributed by atoms with E-state index in [4.69, 9.17) is 0 Å². The van der Waals surface area contributed by atoms with E-state index in [1.807, 2.05) is 19.1 Å². The molecule has 0 saturated heterocycles. The van der Waals surface area contributed by atoms with Gasteiger partial charge in [0.05, 0.1) is 11.5 Å². The molecule has 1 aliphatic heterocycles. The number of aliphatic hydroxyl groups is 1. The number of aliphatic hydroxyl groups excluding tert-OH is 1. The molecule has 19 heavy (non-hydrogen) atoms. The Balaban J connectivity index is 2.46. The average Bonchev–Trinajstić information content (AvgIpc) is 2.47. The van der Waals surface area contributed by atoms with Gasteiger partial charge in [-0.05, 0) is 30.0 Å². The van der Waals surface area contributed by atoms with Crippen LogP contribution in [0.3, 0.4) is 0 Å². The van der Waals surface area contributed by atoms with Gasteiger partial charge in [-0.2, -0.15) is 4.31 Å².